The van der Waals surface area contributed by atoms with Crippen molar-refractivity contribution in [1.82, 2.24) is 14.5 Å². The van der Waals surface area contributed by atoms with Crippen molar-refractivity contribution < 1.29 is 9.59 Å². The number of carbonyl (C=O) groups is 2. The largest absolute Gasteiger partial charge is 0.332 e. The van der Waals surface area contributed by atoms with Crippen LogP contribution in [0.4, 0.5) is 5.69 Å². The molecule has 3 aromatic carbocycles. The van der Waals surface area contributed by atoms with Gasteiger partial charge in [-0.15, -0.1) is 0 Å². The first-order chi connectivity index (χ1) is 15.3. The van der Waals surface area contributed by atoms with E-state index in [1.165, 1.54) is 4.90 Å². The lowest BCUT2D eigenvalue weighted by molar-refractivity contribution is -0.116. The molecule has 0 radical (unpaired) electrons. The summed E-state index contributed by atoms with van der Waals surface area (Å²) in [5, 5.41) is 2.90. The number of nitrogens with zero attached hydrogens (tertiary/aromatic N) is 3. The molecule has 0 aliphatic carbocycles. The maximum absolute atomic E-state index is 13.0. The van der Waals surface area contributed by atoms with Crippen LogP contribution in [0.25, 0.3) is 16.7 Å². The SMILES string of the molecule is Cc1cccc(NC(=O)CN(C)C(=O)c2ccc3c(c2)nc(C)n3-c2ccccc2)c1C. The fourth-order valence-corrected chi connectivity index (χ4v) is 3.82. The Bertz CT molecular complexity index is 1310. The van der Waals surface area contributed by atoms with Crippen LogP contribution < -0.4 is 5.32 Å². The molecule has 0 bridgehead atoms. The van der Waals surface area contributed by atoms with Gasteiger partial charge >= 0.3 is 0 Å². The number of amides is 2. The third kappa shape index (κ3) is 4.12. The number of aryl methyl sites for hydroxylation is 2. The molecule has 0 fully saturated rings. The van der Waals surface area contributed by atoms with E-state index in [0.29, 0.717) is 5.56 Å². The molecule has 0 aliphatic rings. The van der Waals surface area contributed by atoms with E-state index in [0.717, 1.165) is 39.4 Å². The van der Waals surface area contributed by atoms with Gasteiger partial charge in [-0.25, -0.2) is 4.98 Å². The first-order valence-electron chi connectivity index (χ1n) is 10.5. The van der Waals surface area contributed by atoms with Gasteiger partial charge in [-0.05, 0) is 68.3 Å². The number of para-hydroxylation sites is 1. The highest BCUT2D eigenvalue weighted by atomic mass is 16.2. The van der Waals surface area contributed by atoms with Crippen molar-refractivity contribution in [3.63, 3.8) is 0 Å². The van der Waals surface area contributed by atoms with Crippen LogP contribution in [0, 0.1) is 20.8 Å². The van der Waals surface area contributed by atoms with Gasteiger partial charge in [-0.2, -0.15) is 0 Å². The zero-order valence-electron chi connectivity index (χ0n) is 18.7. The normalized spacial score (nSPS) is 10.9. The molecule has 4 rings (SSSR count). The van der Waals surface area contributed by atoms with E-state index < -0.39 is 0 Å². The van der Waals surface area contributed by atoms with Crippen LogP contribution in [-0.4, -0.2) is 39.9 Å². The molecule has 0 spiro atoms. The van der Waals surface area contributed by atoms with Gasteiger partial charge in [0.15, 0.2) is 0 Å². The molecule has 32 heavy (non-hydrogen) atoms. The second-order valence-corrected chi connectivity index (χ2v) is 7.99. The van der Waals surface area contributed by atoms with Crippen molar-refractivity contribution in [1.29, 1.82) is 0 Å². The molecule has 6 heteroatoms. The molecule has 1 aromatic heterocycles. The number of likely N-dealkylation sites (N-methyl/N-ethyl adjacent to an activating group) is 1. The van der Waals surface area contributed by atoms with E-state index in [4.69, 9.17) is 0 Å². The van der Waals surface area contributed by atoms with Crippen molar-refractivity contribution in [3.05, 3.63) is 89.2 Å². The first kappa shape index (κ1) is 21.3. The number of hydrogen-bond acceptors (Lipinski definition) is 3. The summed E-state index contributed by atoms with van der Waals surface area (Å²) in [5.74, 6) is 0.381. The smallest absolute Gasteiger partial charge is 0.254 e. The minimum absolute atomic E-state index is 0.0399. The lowest BCUT2D eigenvalue weighted by Crippen LogP contribution is -2.35. The van der Waals surface area contributed by atoms with Gasteiger partial charge in [0, 0.05) is 24.0 Å². The van der Waals surface area contributed by atoms with E-state index in [-0.39, 0.29) is 18.4 Å². The average molecular weight is 427 g/mol. The second kappa shape index (κ2) is 8.67. The summed E-state index contributed by atoms with van der Waals surface area (Å²) in [6, 6.07) is 21.2. The Morgan fingerprint density at radius 1 is 0.969 bits per heavy atom. The summed E-state index contributed by atoms with van der Waals surface area (Å²) in [6.45, 7) is 5.86. The van der Waals surface area contributed by atoms with Gasteiger partial charge < -0.3 is 10.2 Å². The number of hydrogen-bond donors (Lipinski definition) is 1. The van der Waals surface area contributed by atoms with Crippen LogP contribution in [0.15, 0.2) is 66.7 Å². The minimum atomic E-state index is -0.236. The highest BCUT2D eigenvalue weighted by Gasteiger charge is 2.18. The van der Waals surface area contributed by atoms with Gasteiger partial charge in [0.1, 0.15) is 5.82 Å². The molecule has 0 saturated heterocycles. The molecule has 162 valence electrons. The Labute approximate surface area is 187 Å². The van der Waals surface area contributed by atoms with Crippen molar-refractivity contribution in [2.24, 2.45) is 0 Å². The standard InChI is InChI=1S/C26H26N4O2/c1-17-9-8-12-22(18(17)2)28-25(31)16-29(4)26(32)20-13-14-24-23(15-20)27-19(3)30(24)21-10-6-5-7-11-21/h5-15H,16H2,1-4H3,(H,28,31). The van der Waals surface area contributed by atoms with Crippen LogP contribution in [0.2, 0.25) is 0 Å². The summed E-state index contributed by atoms with van der Waals surface area (Å²) >= 11 is 0. The zero-order chi connectivity index (χ0) is 22.8. The quantitative estimate of drug-likeness (QED) is 0.505. The Hall–Kier alpha value is -3.93. The molecular weight excluding hydrogens is 400 g/mol. The van der Waals surface area contributed by atoms with Gasteiger partial charge in [0.2, 0.25) is 5.91 Å². The van der Waals surface area contributed by atoms with Gasteiger partial charge in [-0.1, -0.05) is 30.3 Å². The fraction of sp³-hybridized carbons (Fsp3) is 0.192. The molecule has 1 N–H and O–H groups in total. The van der Waals surface area contributed by atoms with Crippen molar-refractivity contribution in [2.75, 3.05) is 18.9 Å². The predicted molar refractivity (Wildman–Crippen MR) is 127 cm³/mol. The first-order valence-corrected chi connectivity index (χ1v) is 10.5. The third-order valence-corrected chi connectivity index (χ3v) is 5.69. The van der Waals surface area contributed by atoms with Crippen LogP contribution in [0.1, 0.15) is 27.3 Å². The van der Waals surface area contributed by atoms with E-state index in [2.05, 4.69) is 14.9 Å². The van der Waals surface area contributed by atoms with Gasteiger partial charge in [0.05, 0.1) is 17.6 Å². The molecular formula is C26H26N4O2. The summed E-state index contributed by atoms with van der Waals surface area (Å²) in [6.07, 6.45) is 0. The second-order valence-electron chi connectivity index (χ2n) is 7.99. The summed E-state index contributed by atoms with van der Waals surface area (Å²) in [4.78, 5) is 31.5. The summed E-state index contributed by atoms with van der Waals surface area (Å²) in [5.41, 5.74) is 6.07. The number of fused-ring (bicyclic) bond motifs is 1. The van der Waals surface area contributed by atoms with Gasteiger partial charge in [0.25, 0.3) is 5.91 Å². The number of carbonyl (C=O) groups excluding carboxylic acids is 2. The number of aromatic nitrogens is 2. The maximum atomic E-state index is 13.0. The van der Waals surface area contributed by atoms with Crippen molar-refractivity contribution in [2.45, 2.75) is 20.8 Å². The fourth-order valence-electron chi connectivity index (χ4n) is 3.82. The van der Waals surface area contributed by atoms with Crippen molar-refractivity contribution >= 4 is 28.5 Å². The summed E-state index contributed by atoms with van der Waals surface area (Å²) < 4.78 is 2.06. The maximum Gasteiger partial charge on any atom is 0.254 e. The number of nitrogens with one attached hydrogen (secondary N) is 1. The van der Waals surface area contributed by atoms with E-state index in [1.807, 2.05) is 75.4 Å². The minimum Gasteiger partial charge on any atom is -0.332 e. The Kier molecular flexibility index (Phi) is 5.77. The average Bonchev–Trinajstić information content (AvgIpc) is 3.11. The predicted octanol–water partition coefficient (Wildman–Crippen LogP) is 4.66. The molecule has 0 unspecified atom stereocenters. The topological polar surface area (TPSA) is 67.2 Å². The van der Waals surface area contributed by atoms with Crippen LogP contribution in [0.5, 0.6) is 0 Å². The number of anilines is 1. The van der Waals surface area contributed by atoms with Crippen molar-refractivity contribution in [3.8, 4) is 5.69 Å². The Morgan fingerprint density at radius 3 is 2.47 bits per heavy atom. The molecule has 6 nitrogen and oxygen atoms in total. The molecule has 4 aromatic rings. The van der Waals surface area contributed by atoms with Crippen LogP contribution in [0.3, 0.4) is 0 Å². The van der Waals surface area contributed by atoms with Crippen LogP contribution >= 0.6 is 0 Å². The zero-order valence-corrected chi connectivity index (χ0v) is 18.7. The Balaban J connectivity index is 1.52. The molecule has 1 heterocycles. The lowest BCUT2D eigenvalue weighted by Gasteiger charge is -2.18. The highest BCUT2D eigenvalue weighted by Crippen LogP contribution is 2.23. The number of imidazole rings is 1. The number of benzene rings is 3. The Morgan fingerprint density at radius 2 is 1.72 bits per heavy atom. The monoisotopic (exact) mass is 426 g/mol. The molecule has 0 aliphatic heterocycles. The van der Waals surface area contributed by atoms with Crippen LogP contribution in [-0.2, 0) is 4.79 Å². The van der Waals surface area contributed by atoms with E-state index in [9.17, 15) is 9.59 Å². The third-order valence-electron chi connectivity index (χ3n) is 5.69. The summed E-state index contributed by atoms with van der Waals surface area (Å²) in [7, 11) is 1.63. The highest BCUT2D eigenvalue weighted by molar-refractivity contribution is 6.01. The van der Waals surface area contributed by atoms with E-state index in [1.54, 1.807) is 19.2 Å². The molecule has 0 atom stereocenters. The molecule has 0 saturated carbocycles. The molecule has 2 amide bonds. The van der Waals surface area contributed by atoms with E-state index >= 15 is 0 Å². The number of rotatable bonds is 5. The van der Waals surface area contributed by atoms with Gasteiger partial charge in [-0.3, -0.25) is 14.2 Å². The lowest BCUT2D eigenvalue weighted by atomic mass is 10.1.